The van der Waals surface area contributed by atoms with Crippen LogP contribution in [0.5, 0.6) is 5.75 Å². The number of hydrogen-bond acceptors (Lipinski definition) is 2. The molecule has 0 unspecified atom stereocenters. The normalized spacial score (nSPS) is 10.2. The monoisotopic (exact) mass is 381 g/mol. The number of benzene rings is 3. The summed E-state index contributed by atoms with van der Waals surface area (Å²) < 4.78 is 6.62. The van der Waals surface area contributed by atoms with Crippen LogP contribution in [0, 0.1) is 0 Å². The van der Waals surface area contributed by atoms with E-state index in [0.29, 0.717) is 12.2 Å². The van der Waals surface area contributed by atoms with Crippen molar-refractivity contribution < 1.29 is 9.53 Å². The van der Waals surface area contributed by atoms with Crippen LogP contribution in [0.4, 0.5) is 5.69 Å². The van der Waals surface area contributed by atoms with E-state index in [0.717, 1.165) is 21.5 Å². The summed E-state index contributed by atoms with van der Waals surface area (Å²) in [6.45, 7) is 0.470. The highest BCUT2D eigenvalue weighted by atomic mass is 79.9. The second kappa shape index (κ2) is 7.79. The number of halogens is 1. The molecule has 3 aromatic rings. The Hall–Kier alpha value is -2.59. The van der Waals surface area contributed by atoms with Crippen LogP contribution in [-0.4, -0.2) is 5.91 Å². The molecular weight excluding hydrogens is 366 g/mol. The maximum Gasteiger partial charge on any atom is 0.255 e. The van der Waals surface area contributed by atoms with Crippen molar-refractivity contribution in [3.05, 3.63) is 94.5 Å². The first kappa shape index (κ1) is 16.3. The summed E-state index contributed by atoms with van der Waals surface area (Å²) in [6, 6.07) is 24.6. The van der Waals surface area contributed by atoms with Gasteiger partial charge in [0.2, 0.25) is 0 Å². The molecule has 3 rings (SSSR count). The van der Waals surface area contributed by atoms with Gasteiger partial charge in [-0.2, -0.15) is 0 Å². The third-order valence-corrected chi connectivity index (χ3v) is 3.94. The lowest BCUT2D eigenvalue weighted by atomic mass is 10.1. The van der Waals surface area contributed by atoms with Gasteiger partial charge in [-0.3, -0.25) is 4.79 Å². The van der Waals surface area contributed by atoms with Gasteiger partial charge in [0.1, 0.15) is 12.4 Å². The number of rotatable bonds is 5. The van der Waals surface area contributed by atoms with Crippen LogP contribution in [0.2, 0.25) is 0 Å². The van der Waals surface area contributed by atoms with Crippen LogP contribution < -0.4 is 10.1 Å². The van der Waals surface area contributed by atoms with Crippen LogP contribution in [0.15, 0.2) is 83.3 Å². The van der Waals surface area contributed by atoms with E-state index >= 15 is 0 Å². The van der Waals surface area contributed by atoms with E-state index in [4.69, 9.17) is 4.74 Å². The fourth-order valence-corrected chi connectivity index (χ4v) is 2.60. The van der Waals surface area contributed by atoms with Crippen LogP contribution in [0.25, 0.3) is 0 Å². The SMILES string of the molecule is O=C(Nc1cccc(Br)c1)c1ccc(COc2ccccc2)cc1. The van der Waals surface area contributed by atoms with Crippen molar-refractivity contribution in [1.82, 2.24) is 0 Å². The smallest absolute Gasteiger partial charge is 0.255 e. The third kappa shape index (κ3) is 4.46. The lowest BCUT2D eigenvalue weighted by Gasteiger charge is -2.08. The summed E-state index contributed by atoms with van der Waals surface area (Å²) in [5, 5.41) is 2.88. The summed E-state index contributed by atoms with van der Waals surface area (Å²) >= 11 is 3.39. The lowest BCUT2D eigenvalue weighted by Crippen LogP contribution is -2.11. The van der Waals surface area contributed by atoms with Gasteiger partial charge in [0.05, 0.1) is 0 Å². The van der Waals surface area contributed by atoms with E-state index in [1.807, 2.05) is 66.7 Å². The minimum absolute atomic E-state index is 0.136. The molecule has 0 radical (unpaired) electrons. The highest BCUT2D eigenvalue weighted by Gasteiger charge is 2.06. The van der Waals surface area contributed by atoms with Gasteiger partial charge in [-0.25, -0.2) is 0 Å². The van der Waals surface area contributed by atoms with Crippen molar-refractivity contribution >= 4 is 27.5 Å². The van der Waals surface area contributed by atoms with E-state index in [-0.39, 0.29) is 5.91 Å². The van der Waals surface area contributed by atoms with Gasteiger partial charge in [-0.05, 0) is 48.0 Å². The number of carbonyl (C=O) groups is 1. The highest BCUT2D eigenvalue weighted by Crippen LogP contribution is 2.17. The number of nitrogens with one attached hydrogen (secondary N) is 1. The average molecular weight is 382 g/mol. The summed E-state index contributed by atoms with van der Waals surface area (Å²) in [5.41, 5.74) is 2.38. The van der Waals surface area contributed by atoms with Crippen molar-refractivity contribution in [2.45, 2.75) is 6.61 Å². The second-order valence-electron chi connectivity index (χ2n) is 5.26. The van der Waals surface area contributed by atoms with E-state index in [1.54, 1.807) is 12.1 Å². The zero-order valence-corrected chi connectivity index (χ0v) is 14.5. The van der Waals surface area contributed by atoms with Gasteiger partial charge in [0.15, 0.2) is 0 Å². The molecule has 1 N–H and O–H groups in total. The Morgan fingerprint density at radius 3 is 2.38 bits per heavy atom. The summed E-state index contributed by atoms with van der Waals surface area (Å²) in [4.78, 5) is 12.3. The van der Waals surface area contributed by atoms with Crippen LogP contribution in [-0.2, 0) is 6.61 Å². The first-order valence-electron chi connectivity index (χ1n) is 7.54. The molecule has 24 heavy (non-hydrogen) atoms. The molecule has 0 atom stereocenters. The molecule has 0 fully saturated rings. The maximum absolute atomic E-state index is 12.3. The Bertz CT molecular complexity index is 817. The van der Waals surface area contributed by atoms with Crippen molar-refractivity contribution in [1.29, 1.82) is 0 Å². The lowest BCUT2D eigenvalue weighted by molar-refractivity contribution is 0.102. The van der Waals surface area contributed by atoms with Crippen molar-refractivity contribution in [3.63, 3.8) is 0 Å². The first-order chi connectivity index (χ1) is 11.7. The molecule has 0 aliphatic carbocycles. The van der Waals surface area contributed by atoms with E-state index in [9.17, 15) is 4.79 Å². The molecule has 0 aliphatic heterocycles. The van der Waals surface area contributed by atoms with Gasteiger partial charge >= 0.3 is 0 Å². The zero-order chi connectivity index (χ0) is 16.8. The average Bonchev–Trinajstić information content (AvgIpc) is 2.61. The fraction of sp³-hybridized carbons (Fsp3) is 0.0500. The van der Waals surface area contributed by atoms with Crippen LogP contribution in [0.3, 0.4) is 0 Å². The van der Waals surface area contributed by atoms with Crippen molar-refractivity contribution in [2.24, 2.45) is 0 Å². The molecule has 1 amide bonds. The molecule has 4 heteroatoms. The first-order valence-corrected chi connectivity index (χ1v) is 8.34. The van der Waals surface area contributed by atoms with Gasteiger partial charge in [-0.1, -0.05) is 52.3 Å². The Kier molecular flexibility index (Phi) is 5.29. The van der Waals surface area contributed by atoms with Crippen LogP contribution >= 0.6 is 15.9 Å². The van der Waals surface area contributed by atoms with Gasteiger partial charge in [-0.15, -0.1) is 0 Å². The van der Waals surface area contributed by atoms with E-state index < -0.39 is 0 Å². The molecule has 0 bridgehead atoms. The quantitative estimate of drug-likeness (QED) is 0.652. The summed E-state index contributed by atoms with van der Waals surface area (Å²) in [6.07, 6.45) is 0. The molecular formula is C20H16BrNO2. The topological polar surface area (TPSA) is 38.3 Å². The van der Waals surface area contributed by atoms with Gasteiger partial charge in [0.25, 0.3) is 5.91 Å². The number of amides is 1. The van der Waals surface area contributed by atoms with Crippen molar-refractivity contribution in [3.8, 4) is 5.75 Å². The van der Waals surface area contributed by atoms with Gasteiger partial charge < -0.3 is 10.1 Å². The molecule has 0 aliphatic rings. The number of anilines is 1. The molecule has 0 saturated carbocycles. The molecule has 0 heterocycles. The Balaban J connectivity index is 1.60. The molecule has 3 aromatic carbocycles. The largest absolute Gasteiger partial charge is 0.489 e. The standard InChI is InChI=1S/C20H16BrNO2/c21-17-5-4-6-18(13-17)22-20(23)16-11-9-15(10-12-16)14-24-19-7-2-1-3-8-19/h1-13H,14H2,(H,22,23). The van der Waals surface area contributed by atoms with E-state index in [1.165, 1.54) is 0 Å². The zero-order valence-electron chi connectivity index (χ0n) is 12.9. The predicted octanol–water partition coefficient (Wildman–Crippen LogP) is 5.28. The molecule has 120 valence electrons. The number of para-hydroxylation sites is 1. The summed E-state index contributed by atoms with van der Waals surface area (Å²) in [5.74, 6) is 0.692. The minimum Gasteiger partial charge on any atom is -0.489 e. The van der Waals surface area contributed by atoms with E-state index in [2.05, 4.69) is 21.2 Å². The molecule has 3 nitrogen and oxygen atoms in total. The number of ether oxygens (including phenoxy) is 1. The second-order valence-corrected chi connectivity index (χ2v) is 6.18. The molecule has 0 saturated heterocycles. The Labute approximate surface area is 149 Å². The maximum atomic E-state index is 12.3. The van der Waals surface area contributed by atoms with Gasteiger partial charge in [0, 0.05) is 15.7 Å². The third-order valence-electron chi connectivity index (χ3n) is 3.45. The molecule has 0 aromatic heterocycles. The number of carbonyl (C=O) groups excluding carboxylic acids is 1. The highest BCUT2D eigenvalue weighted by molar-refractivity contribution is 9.10. The van der Waals surface area contributed by atoms with Crippen LogP contribution in [0.1, 0.15) is 15.9 Å². The minimum atomic E-state index is -0.136. The molecule has 0 spiro atoms. The Morgan fingerprint density at radius 1 is 0.917 bits per heavy atom. The van der Waals surface area contributed by atoms with Crippen molar-refractivity contribution in [2.75, 3.05) is 5.32 Å². The summed E-state index contributed by atoms with van der Waals surface area (Å²) in [7, 11) is 0. The predicted molar refractivity (Wildman–Crippen MR) is 99.3 cm³/mol. The Morgan fingerprint density at radius 2 is 1.67 bits per heavy atom. The fourth-order valence-electron chi connectivity index (χ4n) is 2.21. The number of hydrogen-bond donors (Lipinski definition) is 1.